The average molecular weight is 233 g/mol. The molecule has 1 aliphatic heterocycles. The minimum Gasteiger partial charge on any atom is -0.326 e. The zero-order valence-electron chi connectivity index (χ0n) is 10.8. The predicted molar refractivity (Wildman–Crippen MR) is 71.9 cm³/mol. The summed E-state index contributed by atoms with van der Waals surface area (Å²) in [6, 6.07) is 11.2. The normalized spacial score (nSPS) is 22.3. The molecule has 2 rings (SSSR count). The number of benzene rings is 1. The van der Waals surface area contributed by atoms with E-state index in [9.17, 15) is 0 Å². The number of nitrogens with two attached hydrogens (primary N) is 1. The summed E-state index contributed by atoms with van der Waals surface area (Å²) in [4.78, 5) is 4.89. The Morgan fingerprint density at radius 1 is 1.06 bits per heavy atom. The van der Waals surface area contributed by atoms with Crippen LogP contribution < -0.4 is 5.73 Å². The van der Waals surface area contributed by atoms with Crippen LogP contribution in [0.25, 0.3) is 0 Å². The molecule has 1 aromatic rings. The van der Waals surface area contributed by atoms with Gasteiger partial charge in [-0.15, -0.1) is 0 Å². The van der Waals surface area contributed by atoms with Gasteiger partial charge in [-0.1, -0.05) is 30.3 Å². The van der Waals surface area contributed by atoms with Crippen LogP contribution in [-0.2, 0) is 0 Å². The molecule has 1 fully saturated rings. The molecule has 0 aliphatic carbocycles. The standard InChI is InChI=1S/C14H23N3/c1-12(15)14(13-6-4-3-5-7-13)17-10-8-16(2)9-11-17/h3-7,12,14H,8-11,15H2,1-2H3/t12-,14+/m0/s1. The minimum absolute atomic E-state index is 0.167. The monoisotopic (exact) mass is 233 g/mol. The van der Waals surface area contributed by atoms with Crippen LogP contribution in [0, 0.1) is 0 Å². The van der Waals surface area contributed by atoms with Crippen molar-refractivity contribution in [3.63, 3.8) is 0 Å². The molecule has 3 heteroatoms. The molecule has 0 unspecified atom stereocenters. The van der Waals surface area contributed by atoms with Crippen molar-refractivity contribution in [2.75, 3.05) is 33.2 Å². The fourth-order valence-electron chi connectivity index (χ4n) is 2.60. The molecular weight excluding hydrogens is 210 g/mol. The van der Waals surface area contributed by atoms with Gasteiger partial charge in [0.05, 0.1) is 0 Å². The number of hydrogen-bond acceptors (Lipinski definition) is 3. The summed E-state index contributed by atoms with van der Waals surface area (Å²) in [5.74, 6) is 0. The third-order valence-corrected chi connectivity index (χ3v) is 3.57. The quantitative estimate of drug-likeness (QED) is 0.854. The molecule has 0 bridgehead atoms. The Hall–Kier alpha value is -0.900. The molecule has 0 spiro atoms. The van der Waals surface area contributed by atoms with E-state index in [1.807, 2.05) is 0 Å². The van der Waals surface area contributed by atoms with Crippen LogP contribution >= 0.6 is 0 Å². The Morgan fingerprint density at radius 2 is 1.65 bits per heavy atom. The SMILES string of the molecule is C[C@H](N)[C@H](c1ccccc1)N1CCN(C)CC1. The first-order valence-corrected chi connectivity index (χ1v) is 6.41. The van der Waals surface area contributed by atoms with Gasteiger partial charge in [-0.05, 0) is 19.5 Å². The Kier molecular flexibility index (Phi) is 4.15. The molecule has 0 amide bonds. The van der Waals surface area contributed by atoms with Crippen molar-refractivity contribution in [1.82, 2.24) is 9.80 Å². The Morgan fingerprint density at radius 3 is 2.18 bits per heavy atom. The molecule has 0 saturated carbocycles. The van der Waals surface area contributed by atoms with Crippen LogP contribution in [0.15, 0.2) is 30.3 Å². The maximum Gasteiger partial charge on any atom is 0.0497 e. The summed E-state index contributed by atoms with van der Waals surface area (Å²) in [5.41, 5.74) is 7.52. The van der Waals surface area contributed by atoms with Crippen molar-refractivity contribution in [2.24, 2.45) is 5.73 Å². The van der Waals surface area contributed by atoms with Gasteiger partial charge < -0.3 is 10.6 Å². The van der Waals surface area contributed by atoms with Crippen LogP contribution in [-0.4, -0.2) is 49.1 Å². The van der Waals surface area contributed by atoms with E-state index in [1.165, 1.54) is 5.56 Å². The first-order chi connectivity index (χ1) is 8.18. The van der Waals surface area contributed by atoms with Crippen LogP contribution in [0.3, 0.4) is 0 Å². The van der Waals surface area contributed by atoms with Gasteiger partial charge in [0, 0.05) is 38.3 Å². The fraction of sp³-hybridized carbons (Fsp3) is 0.571. The minimum atomic E-state index is 0.167. The molecule has 0 aromatic heterocycles. The molecular formula is C14H23N3. The highest BCUT2D eigenvalue weighted by molar-refractivity contribution is 5.20. The zero-order chi connectivity index (χ0) is 12.3. The largest absolute Gasteiger partial charge is 0.326 e. The molecule has 1 saturated heterocycles. The second-order valence-corrected chi connectivity index (χ2v) is 5.05. The van der Waals surface area contributed by atoms with Crippen molar-refractivity contribution in [3.8, 4) is 0 Å². The van der Waals surface area contributed by atoms with Gasteiger partial charge >= 0.3 is 0 Å². The van der Waals surface area contributed by atoms with Crippen LogP contribution in [0.1, 0.15) is 18.5 Å². The van der Waals surface area contributed by atoms with Gasteiger partial charge in [-0.3, -0.25) is 4.90 Å². The maximum atomic E-state index is 6.18. The van der Waals surface area contributed by atoms with E-state index in [4.69, 9.17) is 5.73 Å². The highest BCUT2D eigenvalue weighted by Crippen LogP contribution is 2.24. The van der Waals surface area contributed by atoms with Crippen LogP contribution in [0.5, 0.6) is 0 Å². The van der Waals surface area contributed by atoms with Gasteiger partial charge in [0.15, 0.2) is 0 Å². The molecule has 0 radical (unpaired) electrons. The van der Waals surface area contributed by atoms with Gasteiger partial charge in [0.1, 0.15) is 0 Å². The summed E-state index contributed by atoms with van der Waals surface area (Å²) >= 11 is 0. The molecule has 1 aliphatic rings. The summed E-state index contributed by atoms with van der Waals surface area (Å²) in [6.45, 7) is 6.59. The first kappa shape index (κ1) is 12.6. The van der Waals surface area contributed by atoms with Crippen LogP contribution in [0.2, 0.25) is 0 Å². The summed E-state index contributed by atoms with van der Waals surface area (Å²) in [5, 5.41) is 0. The van der Waals surface area contributed by atoms with Gasteiger partial charge in [-0.2, -0.15) is 0 Å². The molecule has 1 heterocycles. The van der Waals surface area contributed by atoms with Crippen molar-refractivity contribution >= 4 is 0 Å². The summed E-state index contributed by atoms with van der Waals surface area (Å²) < 4.78 is 0. The number of rotatable bonds is 3. The fourth-order valence-corrected chi connectivity index (χ4v) is 2.60. The lowest BCUT2D eigenvalue weighted by Crippen LogP contribution is -2.49. The maximum absolute atomic E-state index is 6.18. The lowest BCUT2D eigenvalue weighted by Gasteiger charge is -2.39. The van der Waals surface area contributed by atoms with Gasteiger partial charge in [-0.25, -0.2) is 0 Å². The molecule has 94 valence electrons. The Labute approximate surface area is 104 Å². The van der Waals surface area contributed by atoms with E-state index < -0.39 is 0 Å². The van der Waals surface area contributed by atoms with Crippen molar-refractivity contribution in [3.05, 3.63) is 35.9 Å². The Balaban J connectivity index is 2.13. The number of hydrogen-bond donors (Lipinski definition) is 1. The predicted octanol–water partition coefficient (Wildman–Crippen LogP) is 1.32. The van der Waals surface area contributed by atoms with Crippen molar-refractivity contribution in [2.45, 2.75) is 19.0 Å². The Bertz CT molecular complexity index is 329. The van der Waals surface area contributed by atoms with E-state index in [1.54, 1.807) is 0 Å². The highest BCUT2D eigenvalue weighted by atomic mass is 15.3. The first-order valence-electron chi connectivity index (χ1n) is 6.41. The number of piperazine rings is 1. The molecule has 3 nitrogen and oxygen atoms in total. The van der Waals surface area contributed by atoms with Gasteiger partial charge in [0.25, 0.3) is 0 Å². The second kappa shape index (κ2) is 5.63. The van der Waals surface area contributed by atoms with E-state index in [0.717, 1.165) is 26.2 Å². The van der Waals surface area contributed by atoms with E-state index in [0.29, 0.717) is 6.04 Å². The third-order valence-electron chi connectivity index (χ3n) is 3.57. The highest BCUT2D eigenvalue weighted by Gasteiger charge is 2.26. The average Bonchev–Trinajstić information content (AvgIpc) is 2.33. The lowest BCUT2D eigenvalue weighted by molar-refractivity contribution is 0.101. The summed E-state index contributed by atoms with van der Waals surface area (Å²) in [6.07, 6.45) is 0. The van der Waals surface area contributed by atoms with E-state index in [-0.39, 0.29) is 6.04 Å². The molecule has 1 aromatic carbocycles. The van der Waals surface area contributed by atoms with Crippen LogP contribution in [0.4, 0.5) is 0 Å². The molecule has 2 N–H and O–H groups in total. The van der Waals surface area contributed by atoms with E-state index in [2.05, 4.69) is 54.1 Å². The van der Waals surface area contributed by atoms with Gasteiger partial charge in [0.2, 0.25) is 0 Å². The molecule has 17 heavy (non-hydrogen) atoms. The molecule has 2 atom stereocenters. The van der Waals surface area contributed by atoms with Crippen molar-refractivity contribution in [1.29, 1.82) is 0 Å². The lowest BCUT2D eigenvalue weighted by atomic mass is 9.98. The summed E-state index contributed by atoms with van der Waals surface area (Å²) in [7, 11) is 2.18. The second-order valence-electron chi connectivity index (χ2n) is 5.05. The smallest absolute Gasteiger partial charge is 0.0497 e. The number of nitrogens with zero attached hydrogens (tertiary/aromatic N) is 2. The van der Waals surface area contributed by atoms with Crippen molar-refractivity contribution < 1.29 is 0 Å². The zero-order valence-corrected chi connectivity index (χ0v) is 10.8. The van der Waals surface area contributed by atoms with E-state index >= 15 is 0 Å². The number of likely N-dealkylation sites (N-methyl/N-ethyl adjacent to an activating group) is 1. The third kappa shape index (κ3) is 3.06. The topological polar surface area (TPSA) is 32.5 Å².